The van der Waals surface area contributed by atoms with E-state index in [1.54, 1.807) is 0 Å². The Kier molecular flexibility index (Phi) is 4.00. The molecule has 0 aliphatic carbocycles. The minimum Gasteiger partial charge on any atom is -0.378 e. The second kappa shape index (κ2) is 5.29. The SMILES string of the molecule is CN(C)c1ccc(CCCC#N)cc1. The van der Waals surface area contributed by atoms with Crippen molar-refractivity contribution in [2.45, 2.75) is 19.3 Å². The van der Waals surface area contributed by atoms with Crippen molar-refractivity contribution in [3.05, 3.63) is 29.8 Å². The average molecular weight is 188 g/mol. The molecule has 74 valence electrons. The van der Waals surface area contributed by atoms with Gasteiger partial charge >= 0.3 is 0 Å². The number of hydrogen-bond donors (Lipinski definition) is 0. The fraction of sp³-hybridized carbons (Fsp3) is 0.417. The van der Waals surface area contributed by atoms with Gasteiger partial charge in [-0.2, -0.15) is 5.26 Å². The number of nitriles is 1. The molecule has 1 rings (SSSR count). The van der Waals surface area contributed by atoms with Gasteiger partial charge in [0.1, 0.15) is 0 Å². The first-order valence-corrected chi connectivity index (χ1v) is 4.87. The molecule has 0 unspecified atom stereocenters. The molecule has 0 heterocycles. The molecule has 0 aromatic heterocycles. The summed E-state index contributed by atoms with van der Waals surface area (Å²) < 4.78 is 0. The van der Waals surface area contributed by atoms with E-state index >= 15 is 0 Å². The summed E-state index contributed by atoms with van der Waals surface area (Å²) >= 11 is 0. The summed E-state index contributed by atoms with van der Waals surface area (Å²) in [4.78, 5) is 2.08. The lowest BCUT2D eigenvalue weighted by atomic mass is 10.1. The zero-order valence-corrected chi connectivity index (χ0v) is 8.83. The highest BCUT2D eigenvalue weighted by Gasteiger charge is 1.95. The molecule has 0 spiro atoms. The van der Waals surface area contributed by atoms with Crippen LogP contribution in [-0.2, 0) is 6.42 Å². The fourth-order valence-corrected chi connectivity index (χ4v) is 1.33. The van der Waals surface area contributed by atoms with Crippen molar-refractivity contribution in [2.75, 3.05) is 19.0 Å². The first-order chi connectivity index (χ1) is 6.74. The molecule has 0 N–H and O–H groups in total. The number of hydrogen-bond acceptors (Lipinski definition) is 2. The van der Waals surface area contributed by atoms with E-state index in [9.17, 15) is 0 Å². The van der Waals surface area contributed by atoms with Crippen LogP contribution in [0.4, 0.5) is 5.69 Å². The van der Waals surface area contributed by atoms with E-state index in [2.05, 4.69) is 35.2 Å². The van der Waals surface area contributed by atoms with Crippen LogP contribution in [0.1, 0.15) is 18.4 Å². The van der Waals surface area contributed by atoms with Gasteiger partial charge in [-0.15, -0.1) is 0 Å². The molecule has 0 saturated carbocycles. The Bertz CT molecular complexity index is 306. The highest BCUT2D eigenvalue weighted by Crippen LogP contribution is 2.13. The molecule has 0 amide bonds. The second-order valence-corrected chi connectivity index (χ2v) is 3.57. The van der Waals surface area contributed by atoms with Crippen molar-refractivity contribution < 1.29 is 0 Å². The van der Waals surface area contributed by atoms with E-state index in [-0.39, 0.29) is 0 Å². The standard InChI is InChI=1S/C12H16N2/c1-14(2)12-8-6-11(7-9-12)5-3-4-10-13/h6-9H,3-5H2,1-2H3. The van der Waals surface area contributed by atoms with Crippen LogP contribution in [-0.4, -0.2) is 14.1 Å². The molecule has 2 nitrogen and oxygen atoms in total. The molecule has 0 fully saturated rings. The van der Waals surface area contributed by atoms with Gasteiger partial charge in [0.05, 0.1) is 6.07 Å². The summed E-state index contributed by atoms with van der Waals surface area (Å²) in [7, 11) is 4.06. The van der Waals surface area contributed by atoms with E-state index in [1.807, 2.05) is 14.1 Å². The predicted molar refractivity (Wildman–Crippen MR) is 59.3 cm³/mol. The summed E-state index contributed by atoms with van der Waals surface area (Å²) in [5, 5.41) is 8.40. The maximum atomic E-state index is 8.40. The first-order valence-electron chi connectivity index (χ1n) is 4.87. The molecule has 2 heteroatoms. The van der Waals surface area contributed by atoms with Gasteiger partial charge in [0.15, 0.2) is 0 Å². The zero-order valence-electron chi connectivity index (χ0n) is 8.83. The minimum atomic E-state index is 0.648. The predicted octanol–water partition coefficient (Wildman–Crippen LogP) is 2.60. The summed E-state index contributed by atoms with van der Waals surface area (Å²) in [6.45, 7) is 0. The van der Waals surface area contributed by atoms with Crippen molar-refractivity contribution in [1.82, 2.24) is 0 Å². The summed E-state index contributed by atoms with van der Waals surface area (Å²) in [5.74, 6) is 0. The normalized spacial score (nSPS) is 9.50. The van der Waals surface area contributed by atoms with Gasteiger partial charge in [0.2, 0.25) is 0 Å². The monoisotopic (exact) mass is 188 g/mol. The van der Waals surface area contributed by atoms with E-state index in [1.165, 1.54) is 11.3 Å². The van der Waals surface area contributed by atoms with Gasteiger partial charge in [-0.3, -0.25) is 0 Å². The van der Waals surface area contributed by atoms with Gasteiger partial charge in [-0.05, 0) is 30.5 Å². The van der Waals surface area contributed by atoms with Crippen LogP contribution in [0.15, 0.2) is 24.3 Å². The lowest BCUT2D eigenvalue weighted by molar-refractivity contribution is 0.850. The Hall–Kier alpha value is -1.49. The molecule has 0 atom stereocenters. The van der Waals surface area contributed by atoms with Crippen LogP contribution in [0, 0.1) is 11.3 Å². The number of nitrogens with zero attached hydrogens (tertiary/aromatic N) is 2. The van der Waals surface area contributed by atoms with Crippen LogP contribution in [0.25, 0.3) is 0 Å². The minimum absolute atomic E-state index is 0.648. The number of unbranched alkanes of at least 4 members (excludes halogenated alkanes) is 1. The van der Waals surface area contributed by atoms with E-state index in [0.717, 1.165) is 12.8 Å². The third-order valence-corrected chi connectivity index (χ3v) is 2.21. The third kappa shape index (κ3) is 3.10. The molecule has 0 bridgehead atoms. The van der Waals surface area contributed by atoms with Gasteiger partial charge in [-0.25, -0.2) is 0 Å². The van der Waals surface area contributed by atoms with Gasteiger partial charge in [0, 0.05) is 26.2 Å². The lowest BCUT2D eigenvalue weighted by Gasteiger charge is -2.12. The Morgan fingerprint density at radius 1 is 1.21 bits per heavy atom. The Labute approximate surface area is 85.8 Å². The molecule has 14 heavy (non-hydrogen) atoms. The Morgan fingerprint density at radius 2 is 1.86 bits per heavy atom. The van der Waals surface area contributed by atoms with Gasteiger partial charge in [0.25, 0.3) is 0 Å². The van der Waals surface area contributed by atoms with Crippen LogP contribution >= 0.6 is 0 Å². The van der Waals surface area contributed by atoms with Crippen molar-refractivity contribution in [1.29, 1.82) is 5.26 Å². The van der Waals surface area contributed by atoms with E-state index in [4.69, 9.17) is 5.26 Å². The quantitative estimate of drug-likeness (QED) is 0.679. The lowest BCUT2D eigenvalue weighted by Crippen LogP contribution is -2.08. The van der Waals surface area contributed by atoms with Crippen LogP contribution in [0.2, 0.25) is 0 Å². The molecule has 1 aromatic carbocycles. The molecule has 1 aromatic rings. The van der Waals surface area contributed by atoms with Crippen molar-refractivity contribution in [3.8, 4) is 6.07 Å². The third-order valence-electron chi connectivity index (χ3n) is 2.21. The maximum absolute atomic E-state index is 8.40. The van der Waals surface area contributed by atoms with E-state index < -0.39 is 0 Å². The van der Waals surface area contributed by atoms with Crippen LogP contribution < -0.4 is 4.90 Å². The van der Waals surface area contributed by atoms with Crippen molar-refractivity contribution in [3.63, 3.8) is 0 Å². The number of aryl methyl sites for hydroxylation is 1. The summed E-state index contributed by atoms with van der Waals surface area (Å²) in [6.07, 6.45) is 2.61. The number of rotatable bonds is 4. The Balaban J connectivity index is 2.52. The van der Waals surface area contributed by atoms with E-state index in [0.29, 0.717) is 6.42 Å². The van der Waals surface area contributed by atoms with Gasteiger partial charge < -0.3 is 4.90 Å². The largest absolute Gasteiger partial charge is 0.378 e. The Morgan fingerprint density at radius 3 is 2.36 bits per heavy atom. The van der Waals surface area contributed by atoms with Gasteiger partial charge in [-0.1, -0.05) is 12.1 Å². The number of anilines is 1. The fourth-order valence-electron chi connectivity index (χ4n) is 1.33. The number of benzene rings is 1. The smallest absolute Gasteiger partial charge is 0.0621 e. The molecule has 0 radical (unpaired) electrons. The molecule has 0 aliphatic rings. The summed E-state index contributed by atoms with van der Waals surface area (Å²) in [6, 6.07) is 10.6. The second-order valence-electron chi connectivity index (χ2n) is 3.57. The zero-order chi connectivity index (χ0) is 10.4. The van der Waals surface area contributed by atoms with Crippen molar-refractivity contribution >= 4 is 5.69 Å². The van der Waals surface area contributed by atoms with Crippen LogP contribution in [0.3, 0.4) is 0 Å². The molecular weight excluding hydrogens is 172 g/mol. The highest BCUT2D eigenvalue weighted by atomic mass is 15.1. The van der Waals surface area contributed by atoms with Crippen molar-refractivity contribution in [2.24, 2.45) is 0 Å². The summed E-state index contributed by atoms with van der Waals surface area (Å²) in [5.41, 5.74) is 2.53. The molecule has 0 saturated heterocycles. The van der Waals surface area contributed by atoms with Crippen LogP contribution in [0.5, 0.6) is 0 Å². The topological polar surface area (TPSA) is 27.0 Å². The maximum Gasteiger partial charge on any atom is 0.0621 e. The molecular formula is C12H16N2. The highest BCUT2D eigenvalue weighted by molar-refractivity contribution is 5.45. The first kappa shape index (κ1) is 10.6. The molecule has 0 aliphatic heterocycles. The average Bonchev–Trinajstić information content (AvgIpc) is 2.19.